The topological polar surface area (TPSA) is 49.4 Å². The molecule has 4 nitrogen and oxygen atoms in total. The fourth-order valence-electron chi connectivity index (χ4n) is 2.34. The monoisotopic (exact) mass is 316 g/mol. The summed E-state index contributed by atoms with van der Waals surface area (Å²) in [4.78, 5) is 0. The molecule has 0 aromatic carbocycles. The molecule has 20 heavy (non-hydrogen) atoms. The molecule has 1 atom stereocenters. The summed E-state index contributed by atoms with van der Waals surface area (Å²) in [5, 5.41) is 3.21. The summed E-state index contributed by atoms with van der Waals surface area (Å²) in [7, 11) is -3.60. The molecule has 0 radical (unpaired) electrons. The maximum absolute atomic E-state index is 12.1. The lowest BCUT2D eigenvalue weighted by atomic mass is 10.2. The van der Waals surface area contributed by atoms with Crippen molar-refractivity contribution in [3.05, 3.63) is 0 Å². The van der Waals surface area contributed by atoms with E-state index in [2.05, 4.69) is 5.32 Å². The third-order valence-electron chi connectivity index (χ3n) is 3.32. The van der Waals surface area contributed by atoms with Crippen LogP contribution in [-0.2, 0) is 10.0 Å². The maximum Gasteiger partial charge on any atom is 0.389 e. The molecular weight excluding hydrogens is 293 g/mol. The van der Waals surface area contributed by atoms with Crippen molar-refractivity contribution >= 4 is 10.0 Å². The largest absolute Gasteiger partial charge is 0.389 e. The molecule has 120 valence electrons. The van der Waals surface area contributed by atoms with Crippen LogP contribution in [0.3, 0.4) is 0 Å². The molecule has 1 rings (SSSR count). The molecule has 0 bridgehead atoms. The zero-order valence-corrected chi connectivity index (χ0v) is 12.6. The van der Waals surface area contributed by atoms with E-state index in [0.717, 1.165) is 19.4 Å². The van der Waals surface area contributed by atoms with Gasteiger partial charge in [0.15, 0.2) is 0 Å². The van der Waals surface area contributed by atoms with E-state index in [1.165, 1.54) is 4.31 Å². The number of hydrogen-bond acceptors (Lipinski definition) is 3. The summed E-state index contributed by atoms with van der Waals surface area (Å²) in [6.07, 6.45) is -3.13. The Bertz CT molecular complexity index is 379. The highest BCUT2D eigenvalue weighted by Gasteiger charge is 2.30. The minimum absolute atomic E-state index is 0.124. The number of nitrogens with one attached hydrogen (secondary N) is 1. The molecule has 1 heterocycles. The maximum atomic E-state index is 12.1. The van der Waals surface area contributed by atoms with E-state index < -0.39 is 28.4 Å². The van der Waals surface area contributed by atoms with E-state index in [9.17, 15) is 21.6 Å². The number of sulfonamides is 1. The van der Waals surface area contributed by atoms with Crippen LogP contribution in [0.25, 0.3) is 0 Å². The smallest absolute Gasteiger partial charge is 0.313 e. The van der Waals surface area contributed by atoms with Gasteiger partial charge in [0.25, 0.3) is 0 Å². The Kier molecular flexibility index (Phi) is 6.74. The third-order valence-corrected chi connectivity index (χ3v) is 5.24. The first-order valence-electron chi connectivity index (χ1n) is 7.02. The minimum atomic E-state index is -4.29. The quantitative estimate of drug-likeness (QED) is 0.746. The number of hydrogen-bond donors (Lipinski definition) is 1. The first-order valence-corrected chi connectivity index (χ1v) is 8.63. The first-order chi connectivity index (χ1) is 9.24. The van der Waals surface area contributed by atoms with E-state index >= 15 is 0 Å². The van der Waals surface area contributed by atoms with Gasteiger partial charge < -0.3 is 5.32 Å². The van der Waals surface area contributed by atoms with E-state index in [4.69, 9.17) is 0 Å². The molecule has 1 unspecified atom stereocenters. The Morgan fingerprint density at radius 3 is 2.55 bits per heavy atom. The van der Waals surface area contributed by atoms with E-state index in [1.807, 2.05) is 6.92 Å². The molecule has 0 amide bonds. The number of nitrogens with zero attached hydrogens (tertiary/aromatic N) is 1. The molecule has 0 spiro atoms. The highest BCUT2D eigenvalue weighted by Crippen LogP contribution is 2.22. The molecule has 0 saturated carbocycles. The Labute approximate surface area is 118 Å². The Balaban J connectivity index is 2.53. The van der Waals surface area contributed by atoms with Crippen molar-refractivity contribution in [1.29, 1.82) is 0 Å². The Morgan fingerprint density at radius 1 is 1.35 bits per heavy atom. The highest BCUT2D eigenvalue weighted by atomic mass is 32.2. The second-order valence-corrected chi connectivity index (χ2v) is 7.27. The van der Waals surface area contributed by atoms with Gasteiger partial charge in [-0.2, -0.15) is 13.2 Å². The van der Waals surface area contributed by atoms with E-state index in [-0.39, 0.29) is 12.5 Å². The van der Waals surface area contributed by atoms with Crippen molar-refractivity contribution in [2.75, 3.05) is 25.4 Å². The zero-order chi connectivity index (χ0) is 15.2. The van der Waals surface area contributed by atoms with Gasteiger partial charge in [0.2, 0.25) is 10.0 Å². The van der Waals surface area contributed by atoms with Crippen LogP contribution in [0.15, 0.2) is 0 Å². The van der Waals surface area contributed by atoms with E-state index in [1.54, 1.807) is 0 Å². The fourth-order valence-corrected chi connectivity index (χ4v) is 3.97. The second-order valence-electron chi connectivity index (χ2n) is 5.19. The van der Waals surface area contributed by atoms with Crippen LogP contribution in [-0.4, -0.2) is 50.3 Å². The van der Waals surface area contributed by atoms with Gasteiger partial charge in [0, 0.05) is 25.6 Å². The molecule has 1 fully saturated rings. The lowest BCUT2D eigenvalue weighted by molar-refractivity contribution is -0.134. The summed E-state index contributed by atoms with van der Waals surface area (Å²) in [5.74, 6) is -0.431. The van der Waals surface area contributed by atoms with Crippen molar-refractivity contribution in [2.45, 2.75) is 51.2 Å². The van der Waals surface area contributed by atoms with Gasteiger partial charge in [-0.25, -0.2) is 12.7 Å². The molecule has 0 aromatic rings. The normalized spacial score (nSPS) is 20.8. The number of alkyl halides is 3. The summed E-state index contributed by atoms with van der Waals surface area (Å²) in [6, 6.07) is 0.124. The summed E-state index contributed by atoms with van der Waals surface area (Å²) in [5.41, 5.74) is 0. The molecule has 1 N–H and O–H groups in total. The molecule has 0 aromatic heterocycles. The fraction of sp³-hybridized carbons (Fsp3) is 1.00. The van der Waals surface area contributed by atoms with Crippen molar-refractivity contribution in [2.24, 2.45) is 0 Å². The predicted octanol–water partition coefficient (Wildman–Crippen LogP) is 2.12. The molecule has 8 heteroatoms. The van der Waals surface area contributed by atoms with Gasteiger partial charge in [-0.1, -0.05) is 6.92 Å². The Hall–Kier alpha value is -0.340. The van der Waals surface area contributed by atoms with Gasteiger partial charge in [0.1, 0.15) is 0 Å². The van der Waals surface area contributed by atoms with Crippen molar-refractivity contribution in [3.8, 4) is 0 Å². The average molecular weight is 316 g/mol. The molecule has 1 aliphatic heterocycles. The highest BCUT2D eigenvalue weighted by molar-refractivity contribution is 7.89. The van der Waals surface area contributed by atoms with Gasteiger partial charge in [-0.05, 0) is 32.2 Å². The number of rotatable bonds is 8. The molecule has 0 aliphatic carbocycles. The molecule has 1 saturated heterocycles. The van der Waals surface area contributed by atoms with Crippen LogP contribution in [0.4, 0.5) is 13.2 Å². The molecule has 1 aliphatic rings. The lowest BCUT2D eigenvalue weighted by Crippen LogP contribution is -2.42. The summed E-state index contributed by atoms with van der Waals surface area (Å²) >= 11 is 0. The van der Waals surface area contributed by atoms with Crippen LogP contribution >= 0.6 is 0 Å². The van der Waals surface area contributed by atoms with Gasteiger partial charge in [-0.15, -0.1) is 0 Å². The van der Waals surface area contributed by atoms with Crippen LogP contribution in [0.2, 0.25) is 0 Å². The predicted molar refractivity (Wildman–Crippen MR) is 72.0 cm³/mol. The van der Waals surface area contributed by atoms with Gasteiger partial charge in [-0.3, -0.25) is 0 Å². The third kappa shape index (κ3) is 6.41. The minimum Gasteiger partial charge on any atom is -0.313 e. The van der Waals surface area contributed by atoms with Gasteiger partial charge >= 0.3 is 6.18 Å². The summed E-state index contributed by atoms with van der Waals surface area (Å²) in [6.45, 7) is 3.47. The van der Waals surface area contributed by atoms with Crippen molar-refractivity contribution in [3.63, 3.8) is 0 Å². The summed E-state index contributed by atoms with van der Waals surface area (Å²) < 4.78 is 61.9. The van der Waals surface area contributed by atoms with Crippen molar-refractivity contribution in [1.82, 2.24) is 9.62 Å². The lowest BCUT2D eigenvalue weighted by Gasteiger charge is -2.25. The van der Waals surface area contributed by atoms with Crippen LogP contribution in [0.5, 0.6) is 0 Å². The molecular formula is C12H23F3N2O2S. The van der Waals surface area contributed by atoms with Gasteiger partial charge in [0.05, 0.1) is 5.75 Å². The van der Waals surface area contributed by atoms with Crippen LogP contribution in [0.1, 0.15) is 39.0 Å². The van der Waals surface area contributed by atoms with Crippen LogP contribution in [0, 0.1) is 0 Å². The first kappa shape index (κ1) is 17.7. The second kappa shape index (κ2) is 7.61. The average Bonchev–Trinajstić information content (AvgIpc) is 2.79. The standard InChI is InChI=1S/C12H23F3N2O2S/c1-2-8-17(10-11-5-3-7-16-11)20(18,19)9-4-6-12(13,14)15/h11,16H,2-10H2,1H3. The SMILES string of the molecule is CCCN(CC1CCCN1)S(=O)(=O)CCCC(F)(F)F. The van der Waals surface area contributed by atoms with E-state index in [0.29, 0.717) is 19.5 Å². The van der Waals surface area contributed by atoms with Crippen LogP contribution < -0.4 is 5.32 Å². The number of halogens is 3. The zero-order valence-electron chi connectivity index (χ0n) is 11.7. The van der Waals surface area contributed by atoms with Crippen molar-refractivity contribution < 1.29 is 21.6 Å². The Morgan fingerprint density at radius 2 is 2.05 bits per heavy atom.